The van der Waals surface area contributed by atoms with Gasteiger partial charge in [-0.1, -0.05) is 6.07 Å². The van der Waals surface area contributed by atoms with Gasteiger partial charge in [-0.2, -0.15) is 5.26 Å². The molecule has 0 saturated carbocycles. The molecule has 0 radical (unpaired) electrons. The van der Waals surface area contributed by atoms with Gasteiger partial charge in [-0.15, -0.1) is 11.3 Å². The molecule has 0 bridgehead atoms. The van der Waals surface area contributed by atoms with Gasteiger partial charge < -0.3 is 4.90 Å². The molecule has 2 aromatic rings. The standard InChI is InChI=1S/C16H15FN2OS/c1-3-19(4-2)14-6-5-11(7-12(14)9-18)15-8-13(17)16(10-20)21-15/h5-8,10H,3-4H2,1-2H3. The minimum atomic E-state index is -0.517. The van der Waals surface area contributed by atoms with Gasteiger partial charge in [0.25, 0.3) is 0 Å². The van der Waals surface area contributed by atoms with E-state index in [0.29, 0.717) is 16.7 Å². The maximum absolute atomic E-state index is 13.5. The third-order valence-electron chi connectivity index (χ3n) is 3.33. The van der Waals surface area contributed by atoms with Crippen LogP contribution in [0.15, 0.2) is 24.3 Å². The number of halogens is 1. The largest absolute Gasteiger partial charge is 0.371 e. The van der Waals surface area contributed by atoms with Gasteiger partial charge in [-0.3, -0.25) is 4.79 Å². The summed E-state index contributed by atoms with van der Waals surface area (Å²) in [6, 6.07) is 9.00. The van der Waals surface area contributed by atoms with E-state index in [1.54, 1.807) is 6.07 Å². The summed E-state index contributed by atoms with van der Waals surface area (Å²) in [4.78, 5) is 13.5. The zero-order valence-electron chi connectivity index (χ0n) is 11.9. The Labute approximate surface area is 127 Å². The van der Waals surface area contributed by atoms with Gasteiger partial charge in [0, 0.05) is 18.0 Å². The Morgan fingerprint density at radius 3 is 2.57 bits per heavy atom. The van der Waals surface area contributed by atoms with Crippen molar-refractivity contribution in [2.24, 2.45) is 0 Å². The van der Waals surface area contributed by atoms with Crippen LogP contribution in [0.5, 0.6) is 0 Å². The first-order valence-corrected chi connectivity index (χ1v) is 7.50. The van der Waals surface area contributed by atoms with E-state index < -0.39 is 5.82 Å². The Morgan fingerprint density at radius 2 is 2.05 bits per heavy atom. The van der Waals surface area contributed by atoms with E-state index in [1.165, 1.54) is 6.07 Å². The fourth-order valence-corrected chi connectivity index (χ4v) is 3.07. The Hall–Kier alpha value is -2.19. The minimum Gasteiger partial charge on any atom is -0.371 e. The number of hydrogen-bond acceptors (Lipinski definition) is 4. The topological polar surface area (TPSA) is 44.1 Å². The quantitative estimate of drug-likeness (QED) is 0.782. The molecule has 0 fully saturated rings. The molecule has 0 spiro atoms. The zero-order chi connectivity index (χ0) is 15.4. The summed E-state index contributed by atoms with van der Waals surface area (Å²) in [5.41, 5.74) is 2.18. The van der Waals surface area contributed by atoms with Crippen molar-refractivity contribution >= 4 is 23.3 Å². The molecule has 0 aliphatic rings. The molecule has 1 aromatic carbocycles. The number of aldehydes is 1. The van der Waals surface area contributed by atoms with Crippen molar-refractivity contribution < 1.29 is 9.18 Å². The monoisotopic (exact) mass is 302 g/mol. The van der Waals surface area contributed by atoms with Crippen molar-refractivity contribution in [1.29, 1.82) is 5.26 Å². The molecule has 3 nitrogen and oxygen atoms in total. The minimum absolute atomic E-state index is 0.0799. The summed E-state index contributed by atoms with van der Waals surface area (Å²) in [6.07, 6.45) is 0.513. The molecule has 0 aliphatic carbocycles. The van der Waals surface area contributed by atoms with E-state index in [4.69, 9.17) is 0 Å². The summed E-state index contributed by atoms with van der Waals surface area (Å²) in [5.74, 6) is -0.517. The van der Waals surface area contributed by atoms with Crippen LogP contribution in [-0.2, 0) is 0 Å². The molecule has 108 valence electrons. The number of thiophene rings is 1. The lowest BCUT2D eigenvalue weighted by Gasteiger charge is -2.22. The zero-order valence-corrected chi connectivity index (χ0v) is 12.7. The van der Waals surface area contributed by atoms with E-state index in [-0.39, 0.29) is 4.88 Å². The molecule has 0 amide bonds. The number of hydrogen-bond donors (Lipinski definition) is 0. The lowest BCUT2D eigenvalue weighted by Crippen LogP contribution is -2.22. The highest BCUT2D eigenvalue weighted by Crippen LogP contribution is 2.33. The van der Waals surface area contributed by atoms with E-state index >= 15 is 0 Å². The van der Waals surface area contributed by atoms with Crippen molar-refractivity contribution in [3.05, 3.63) is 40.5 Å². The fourth-order valence-electron chi connectivity index (χ4n) is 2.22. The van der Waals surface area contributed by atoms with Crippen LogP contribution in [0.1, 0.15) is 29.1 Å². The van der Waals surface area contributed by atoms with Crippen LogP contribution in [-0.4, -0.2) is 19.4 Å². The van der Waals surface area contributed by atoms with Crippen molar-refractivity contribution in [2.75, 3.05) is 18.0 Å². The number of nitriles is 1. The van der Waals surface area contributed by atoms with Gasteiger partial charge in [0.2, 0.25) is 0 Å². The average Bonchev–Trinajstić information content (AvgIpc) is 2.89. The molecule has 2 rings (SSSR count). The van der Waals surface area contributed by atoms with Crippen molar-refractivity contribution in [2.45, 2.75) is 13.8 Å². The molecule has 0 saturated heterocycles. The SMILES string of the molecule is CCN(CC)c1ccc(-c2cc(F)c(C=O)s2)cc1C#N. The van der Waals surface area contributed by atoms with E-state index in [1.807, 2.05) is 26.0 Å². The molecule has 0 atom stereocenters. The molecular formula is C16H15FN2OS. The van der Waals surface area contributed by atoms with E-state index in [2.05, 4.69) is 11.0 Å². The predicted molar refractivity (Wildman–Crippen MR) is 83.4 cm³/mol. The molecule has 0 unspecified atom stereocenters. The van der Waals surface area contributed by atoms with Crippen molar-refractivity contribution in [3.8, 4) is 16.5 Å². The maximum atomic E-state index is 13.5. The number of anilines is 1. The molecular weight excluding hydrogens is 287 g/mol. The van der Waals surface area contributed by atoms with Gasteiger partial charge >= 0.3 is 0 Å². The van der Waals surface area contributed by atoms with Crippen LogP contribution in [0.4, 0.5) is 10.1 Å². The summed E-state index contributed by atoms with van der Waals surface area (Å²) in [7, 11) is 0. The van der Waals surface area contributed by atoms with Crippen LogP contribution >= 0.6 is 11.3 Å². The number of nitrogens with zero attached hydrogens (tertiary/aromatic N) is 2. The normalized spacial score (nSPS) is 10.2. The van der Waals surface area contributed by atoms with Gasteiger partial charge in [-0.25, -0.2) is 4.39 Å². The Bertz CT molecular complexity index is 699. The number of carbonyl (C=O) groups excluding carboxylic acids is 1. The molecule has 1 heterocycles. The summed E-state index contributed by atoms with van der Waals surface area (Å²) in [6.45, 7) is 5.69. The lowest BCUT2D eigenvalue weighted by atomic mass is 10.1. The average molecular weight is 302 g/mol. The third-order valence-corrected chi connectivity index (χ3v) is 4.41. The van der Waals surface area contributed by atoms with Gasteiger partial charge in [-0.05, 0) is 37.6 Å². The van der Waals surface area contributed by atoms with Gasteiger partial charge in [0.15, 0.2) is 6.29 Å². The summed E-state index contributed by atoms with van der Waals surface area (Å²) in [5, 5.41) is 9.33. The first-order valence-electron chi connectivity index (χ1n) is 6.68. The van der Waals surface area contributed by atoms with E-state index in [9.17, 15) is 14.4 Å². The van der Waals surface area contributed by atoms with Gasteiger partial charge in [0.05, 0.1) is 11.3 Å². The first-order chi connectivity index (χ1) is 10.1. The number of rotatable bonds is 5. The first kappa shape index (κ1) is 15.2. The van der Waals surface area contributed by atoms with Crippen LogP contribution < -0.4 is 4.90 Å². The smallest absolute Gasteiger partial charge is 0.163 e. The van der Waals surface area contributed by atoms with Crippen molar-refractivity contribution in [3.63, 3.8) is 0 Å². The number of benzene rings is 1. The second kappa shape index (κ2) is 6.51. The Kier molecular flexibility index (Phi) is 4.71. The molecule has 5 heteroatoms. The highest BCUT2D eigenvalue weighted by atomic mass is 32.1. The fraction of sp³-hybridized carbons (Fsp3) is 0.250. The molecule has 0 N–H and O–H groups in total. The molecule has 1 aromatic heterocycles. The second-order valence-electron chi connectivity index (χ2n) is 4.46. The molecule has 0 aliphatic heterocycles. The highest BCUT2D eigenvalue weighted by Gasteiger charge is 2.13. The maximum Gasteiger partial charge on any atom is 0.163 e. The Morgan fingerprint density at radius 1 is 1.33 bits per heavy atom. The van der Waals surface area contributed by atoms with Crippen molar-refractivity contribution in [1.82, 2.24) is 0 Å². The summed E-state index contributed by atoms with van der Waals surface area (Å²) >= 11 is 1.09. The third kappa shape index (κ3) is 2.96. The van der Waals surface area contributed by atoms with Gasteiger partial charge in [0.1, 0.15) is 16.8 Å². The molecule has 21 heavy (non-hydrogen) atoms. The Balaban J connectivity index is 2.48. The van der Waals surface area contributed by atoms with Crippen LogP contribution in [0.2, 0.25) is 0 Å². The van der Waals surface area contributed by atoms with Crippen LogP contribution in [0, 0.1) is 17.1 Å². The van der Waals surface area contributed by atoms with Crippen LogP contribution in [0.3, 0.4) is 0 Å². The number of carbonyl (C=O) groups is 1. The lowest BCUT2D eigenvalue weighted by molar-refractivity contribution is 0.112. The summed E-state index contributed by atoms with van der Waals surface area (Å²) < 4.78 is 13.5. The van der Waals surface area contributed by atoms with Crippen LogP contribution in [0.25, 0.3) is 10.4 Å². The predicted octanol–water partition coefficient (Wildman–Crippen LogP) is 4.08. The van der Waals surface area contributed by atoms with E-state index in [0.717, 1.165) is 35.7 Å². The second-order valence-corrected chi connectivity index (χ2v) is 5.54. The highest BCUT2D eigenvalue weighted by molar-refractivity contribution is 7.17.